The van der Waals surface area contributed by atoms with Gasteiger partial charge in [0.15, 0.2) is 0 Å². The van der Waals surface area contributed by atoms with Crippen molar-refractivity contribution >= 4 is 40.9 Å². The molecule has 0 radical (unpaired) electrons. The zero-order valence-electron chi connectivity index (χ0n) is 22.6. The van der Waals surface area contributed by atoms with E-state index in [1.54, 1.807) is 60.7 Å². The monoisotopic (exact) mass is 539 g/mol. The first-order chi connectivity index (χ1) is 18.7. The molecule has 3 amide bonds. The lowest BCUT2D eigenvalue weighted by Gasteiger charge is -2.11. The van der Waals surface area contributed by atoms with E-state index >= 15 is 0 Å². The van der Waals surface area contributed by atoms with Crippen molar-refractivity contribution in [3.63, 3.8) is 0 Å². The summed E-state index contributed by atoms with van der Waals surface area (Å²) in [5.41, 5.74) is 18.0. The minimum atomic E-state index is -0.510. The number of pyridine rings is 1. The van der Waals surface area contributed by atoms with E-state index in [2.05, 4.69) is 20.9 Å². The van der Waals surface area contributed by atoms with E-state index in [4.69, 9.17) is 26.7 Å². The average molecular weight is 540 g/mol. The van der Waals surface area contributed by atoms with E-state index in [0.29, 0.717) is 22.7 Å². The summed E-state index contributed by atoms with van der Waals surface area (Å²) in [5, 5.41) is 7.60. The van der Waals surface area contributed by atoms with E-state index < -0.39 is 12.0 Å². The fraction of sp³-hybridized carbons (Fsp3) is 0.259. The number of benzene rings is 2. The minimum absolute atomic E-state index is 0.0364. The highest BCUT2D eigenvalue weighted by Gasteiger charge is 2.09. The Morgan fingerprint density at radius 3 is 2.13 bits per heavy atom. The van der Waals surface area contributed by atoms with Crippen LogP contribution in [0.5, 0.6) is 5.75 Å². The first-order valence-corrected chi connectivity index (χ1v) is 12.2. The Morgan fingerprint density at radius 1 is 0.872 bits per heavy atom. The standard InChI is InChI=1S/C14H15N5O2.C11H16N2O3.C2H6/c15-10-6-7-11(19-13(10)16)18-12(20)8-17-14(21)9-4-2-1-3-5-9;1-8(2)13-11(14)16-7-15-10-6-4-3-5-9(10)12;1-2/h1-7H,8,15H2,(H,17,21)(H3,16,18,19,20);3-6,8H,7,12H2,1-2H3,(H,13,14);1-2H3. The Hall–Kier alpha value is -5.00. The maximum Gasteiger partial charge on any atom is 0.410 e. The number of nitrogen functional groups attached to an aromatic ring is 3. The highest BCUT2D eigenvalue weighted by atomic mass is 16.7. The quantitative estimate of drug-likeness (QED) is 0.183. The van der Waals surface area contributed by atoms with Crippen LogP contribution in [0.1, 0.15) is 38.1 Å². The van der Waals surface area contributed by atoms with Crippen LogP contribution in [0.25, 0.3) is 0 Å². The summed E-state index contributed by atoms with van der Waals surface area (Å²) in [5.74, 6) is 0.188. The van der Waals surface area contributed by atoms with Gasteiger partial charge >= 0.3 is 6.09 Å². The zero-order chi connectivity index (χ0) is 29.2. The average Bonchev–Trinajstić information content (AvgIpc) is 2.92. The van der Waals surface area contributed by atoms with Crippen molar-refractivity contribution in [2.45, 2.75) is 33.7 Å². The van der Waals surface area contributed by atoms with Gasteiger partial charge in [-0.25, -0.2) is 9.78 Å². The third kappa shape index (κ3) is 12.7. The molecule has 0 atom stereocenters. The number of carbonyl (C=O) groups is 3. The number of alkyl carbamates (subject to hydrolysis) is 1. The number of nitrogens with zero attached hydrogens (tertiary/aromatic N) is 1. The van der Waals surface area contributed by atoms with Crippen LogP contribution in [0.4, 0.5) is 27.8 Å². The van der Waals surface area contributed by atoms with E-state index in [9.17, 15) is 14.4 Å². The molecule has 0 saturated heterocycles. The highest BCUT2D eigenvalue weighted by Crippen LogP contribution is 2.19. The van der Waals surface area contributed by atoms with Crippen molar-refractivity contribution in [1.82, 2.24) is 15.6 Å². The largest absolute Gasteiger partial charge is 0.455 e. The molecule has 0 aliphatic heterocycles. The van der Waals surface area contributed by atoms with Crippen molar-refractivity contribution < 1.29 is 23.9 Å². The highest BCUT2D eigenvalue weighted by molar-refractivity contribution is 5.99. The van der Waals surface area contributed by atoms with Crippen LogP contribution in [0.15, 0.2) is 66.7 Å². The number of nitrogens with one attached hydrogen (secondary N) is 3. The SMILES string of the molecule is CC.CC(C)NC(=O)OCOc1ccccc1N.Nc1ccc(NC(=O)CNC(=O)c2ccccc2)nc1N. The third-order valence-corrected chi connectivity index (χ3v) is 4.40. The molecular weight excluding hydrogens is 502 g/mol. The second kappa shape index (κ2) is 17.5. The molecule has 3 rings (SSSR count). The third-order valence-electron chi connectivity index (χ3n) is 4.40. The van der Waals surface area contributed by atoms with Crippen molar-refractivity contribution in [2.24, 2.45) is 0 Å². The summed E-state index contributed by atoms with van der Waals surface area (Å²) >= 11 is 0. The first kappa shape index (κ1) is 32.0. The maximum absolute atomic E-state index is 11.8. The molecule has 1 aromatic heterocycles. The van der Waals surface area contributed by atoms with Crippen LogP contribution >= 0.6 is 0 Å². The summed E-state index contributed by atoms with van der Waals surface area (Å²) in [6.07, 6.45) is -0.510. The smallest absolute Gasteiger partial charge is 0.410 e. The van der Waals surface area contributed by atoms with Gasteiger partial charge in [0.1, 0.15) is 17.4 Å². The van der Waals surface area contributed by atoms with Crippen LogP contribution in [-0.4, -0.2) is 42.3 Å². The number of rotatable bonds is 8. The van der Waals surface area contributed by atoms with Gasteiger partial charge in [0.25, 0.3) is 5.91 Å². The lowest BCUT2D eigenvalue weighted by Crippen LogP contribution is -2.33. The Balaban J connectivity index is 0.000000379. The van der Waals surface area contributed by atoms with Gasteiger partial charge in [-0.15, -0.1) is 0 Å². The van der Waals surface area contributed by atoms with Gasteiger partial charge < -0.3 is 42.6 Å². The predicted molar refractivity (Wildman–Crippen MR) is 153 cm³/mol. The Bertz CT molecular complexity index is 1190. The van der Waals surface area contributed by atoms with Crippen LogP contribution in [0.2, 0.25) is 0 Å². The molecular formula is C27H37N7O5. The molecule has 0 spiro atoms. The number of carbonyl (C=O) groups excluding carboxylic acids is 3. The van der Waals surface area contributed by atoms with Gasteiger partial charge in [-0.3, -0.25) is 9.59 Å². The molecule has 0 fully saturated rings. The van der Waals surface area contributed by atoms with E-state index in [0.717, 1.165) is 0 Å². The van der Waals surface area contributed by atoms with E-state index in [1.807, 2.05) is 27.7 Å². The van der Waals surface area contributed by atoms with Gasteiger partial charge in [-0.2, -0.15) is 0 Å². The van der Waals surface area contributed by atoms with Crippen LogP contribution in [0, 0.1) is 0 Å². The summed E-state index contributed by atoms with van der Waals surface area (Å²) in [4.78, 5) is 38.5. The predicted octanol–water partition coefficient (Wildman–Crippen LogP) is 3.38. The molecule has 12 nitrogen and oxygen atoms in total. The van der Waals surface area contributed by atoms with Crippen LogP contribution in [-0.2, 0) is 9.53 Å². The van der Waals surface area contributed by atoms with Gasteiger partial charge in [-0.05, 0) is 50.2 Å². The minimum Gasteiger partial charge on any atom is -0.455 e. The number of hydrogen-bond donors (Lipinski definition) is 6. The number of hydrogen-bond acceptors (Lipinski definition) is 9. The number of nitrogens with two attached hydrogens (primary N) is 3. The summed E-state index contributed by atoms with van der Waals surface area (Å²) in [6.45, 7) is 7.36. The lowest BCUT2D eigenvalue weighted by atomic mass is 10.2. The lowest BCUT2D eigenvalue weighted by molar-refractivity contribution is -0.115. The Morgan fingerprint density at radius 2 is 1.51 bits per heavy atom. The van der Waals surface area contributed by atoms with Crippen LogP contribution < -0.4 is 37.9 Å². The molecule has 1 heterocycles. The normalized spacial score (nSPS) is 9.56. The second-order valence-corrected chi connectivity index (χ2v) is 7.80. The molecule has 2 aromatic carbocycles. The Kier molecular flexibility index (Phi) is 14.3. The number of para-hydroxylation sites is 2. The fourth-order valence-electron chi connectivity index (χ4n) is 2.63. The molecule has 0 bridgehead atoms. The molecule has 0 aliphatic rings. The van der Waals surface area contributed by atoms with Crippen molar-refractivity contribution in [3.8, 4) is 5.75 Å². The molecule has 9 N–H and O–H groups in total. The van der Waals surface area contributed by atoms with Crippen LogP contribution in [0.3, 0.4) is 0 Å². The second-order valence-electron chi connectivity index (χ2n) is 7.80. The van der Waals surface area contributed by atoms with E-state index in [1.165, 1.54) is 6.07 Å². The summed E-state index contributed by atoms with van der Waals surface area (Å²) in [6, 6.07) is 18.7. The number of anilines is 4. The van der Waals surface area contributed by atoms with Gasteiger partial charge in [0.05, 0.1) is 17.9 Å². The Labute approximate surface area is 228 Å². The molecule has 210 valence electrons. The van der Waals surface area contributed by atoms with Gasteiger partial charge in [0, 0.05) is 11.6 Å². The number of amides is 3. The fourth-order valence-corrected chi connectivity index (χ4v) is 2.63. The van der Waals surface area contributed by atoms with E-state index in [-0.39, 0.29) is 36.9 Å². The van der Waals surface area contributed by atoms with Crippen molar-refractivity contribution in [3.05, 3.63) is 72.3 Å². The molecule has 39 heavy (non-hydrogen) atoms. The van der Waals surface area contributed by atoms with Crippen molar-refractivity contribution in [1.29, 1.82) is 0 Å². The van der Waals surface area contributed by atoms with Gasteiger partial charge in [0.2, 0.25) is 12.7 Å². The molecule has 12 heteroatoms. The van der Waals surface area contributed by atoms with Gasteiger partial charge in [-0.1, -0.05) is 44.2 Å². The molecule has 0 unspecified atom stereocenters. The molecule has 0 saturated carbocycles. The number of aromatic nitrogens is 1. The zero-order valence-corrected chi connectivity index (χ0v) is 22.6. The molecule has 3 aromatic rings. The maximum atomic E-state index is 11.8. The summed E-state index contributed by atoms with van der Waals surface area (Å²) < 4.78 is 9.96. The molecule has 0 aliphatic carbocycles. The van der Waals surface area contributed by atoms with Crippen molar-refractivity contribution in [2.75, 3.05) is 35.9 Å². The first-order valence-electron chi connectivity index (χ1n) is 12.2. The summed E-state index contributed by atoms with van der Waals surface area (Å²) in [7, 11) is 0. The topological polar surface area (TPSA) is 197 Å². The number of ether oxygens (including phenoxy) is 2.